The number of rotatable bonds is 2. The van der Waals surface area contributed by atoms with Gasteiger partial charge in [-0.1, -0.05) is 12.1 Å². The fourth-order valence-corrected chi connectivity index (χ4v) is 0.892. The minimum atomic E-state index is -1.28. The predicted molar refractivity (Wildman–Crippen MR) is 49.5 cm³/mol. The topological polar surface area (TPSA) is 127 Å². The van der Waals surface area contributed by atoms with E-state index in [1.165, 1.54) is 24.3 Å². The van der Waals surface area contributed by atoms with Crippen molar-refractivity contribution in [2.45, 2.75) is 6.92 Å². The Morgan fingerprint density at radius 2 is 1.59 bits per heavy atom. The average molecular weight is 240 g/mol. The van der Waals surface area contributed by atoms with Gasteiger partial charge in [-0.15, -0.1) is 0 Å². The Kier molecular flexibility index (Phi) is 5.98. The highest BCUT2D eigenvalue weighted by Gasteiger charge is 2.14. The predicted octanol–water partition coefficient (Wildman–Crippen LogP) is -1.43. The van der Waals surface area contributed by atoms with Crippen LogP contribution in [0.3, 0.4) is 0 Å². The van der Waals surface area contributed by atoms with Crippen LogP contribution in [-0.4, -0.2) is 23.0 Å². The van der Waals surface area contributed by atoms with E-state index in [9.17, 15) is 14.8 Å². The third-order valence-electron chi connectivity index (χ3n) is 1.45. The molecule has 0 radical (unpaired) electrons. The summed E-state index contributed by atoms with van der Waals surface area (Å²) in [5.41, 5.74) is -0.492. The van der Waals surface area contributed by atoms with Gasteiger partial charge < -0.3 is 25.2 Å². The molecule has 0 aliphatic carbocycles. The molecule has 7 heteroatoms. The van der Waals surface area contributed by atoms with E-state index in [2.05, 4.69) is 4.89 Å². The van der Waals surface area contributed by atoms with Gasteiger partial charge in [-0.3, -0.25) is 0 Å². The maximum absolute atomic E-state index is 10.7. The molecule has 0 unspecified atom stereocenters. The first-order valence-electron chi connectivity index (χ1n) is 4.24. The van der Waals surface area contributed by atoms with Crippen molar-refractivity contribution < 1.29 is 34.7 Å². The summed E-state index contributed by atoms with van der Waals surface area (Å²) < 4.78 is 0. The second-order valence-corrected chi connectivity index (χ2v) is 2.71. The molecule has 0 aliphatic rings. The van der Waals surface area contributed by atoms with Crippen molar-refractivity contribution in [3.8, 4) is 0 Å². The Hall–Kier alpha value is -2.41. The highest BCUT2D eigenvalue weighted by Crippen LogP contribution is 2.08. The molecule has 0 aliphatic heterocycles. The van der Waals surface area contributed by atoms with Gasteiger partial charge in [0.05, 0.1) is 11.1 Å². The van der Waals surface area contributed by atoms with Crippen LogP contribution in [0.15, 0.2) is 24.3 Å². The van der Waals surface area contributed by atoms with E-state index in [1.54, 1.807) is 0 Å². The van der Waals surface area contributed by atoms with Crippen LogP contribution >= 0.6 is 0 Å². The molecular formula is C10H8O7-2. The summed E-state index contributed by atoms with van der Waals surface area (Å²) >= 11 is 0. The second kappa shape index (κ2) is 6.96. The number of carbonyl (C=O) groups is 3. The molecule has 7 nitrogen and oxygen atoms in total. The molecule has 0 amide bonds. The van der Waals surface area contributed by atoms with Crippen LogP contribution in [0.1, 0.15) is 27.6 Å². The quantitative estimate of drug-likeness (QED) is 0.496. The van der Waals surface area contributed by atoms with Gasteiger partial charge in [0, 0.05) is 5.97 Å². The first-order valence-corrected chi connectivity index (χ1v) is 4.24. The highest BCUT2D eigenvalue weighted by molar-refractivity contribution is 6.02. The zero-order valence-corrected chi connectivity index (χ0v) is 8.71. The van der Waals surface area contributed by atoms with E-state index in [0.717, 1.165) is 6.92 Å². The summed E-state index contributed by atoms with van der Waals surface area (Å²) in [6.07, 6.45) is 0. The zero-order chi connectivity index (χ0) is 13.4. The Morgan fingerprint density at radius 3 is 1.94 bits per heavy atom. The van der Waals surface area contributed by atoms with Gasteiger partial charge in [0.2, 0.25) is 0 Å². The van der Waals surface area contributed by atoms with Gasteiger partial charge in [-0.25, -0.2) is 9.59 Å². The van der Waals surface area contributed by atoms with Crippen molar-refractivity contribution in [3.05, 3.63) is 35.4 Å². The third kappa shape index (κ3) is 5.28. The van der Waals surface area contributed by atoms with Crippen LogP contribution in [0, 0.1) is 0 Å². The van der Waals surface area contributed by atoms with Crippen molar-refractivity contribution >= 4 is 17.9 Å². The largest absolute Gasteiger partial charge is 0.661 e. The van der Waals surface area contributed by atoms with Crippen LogP contribution in [-0.2, 0) is 9.68 Å². The van der Waals surface area contributed by atoms with Gasteiger partial charge in [0.1, 0.15) is 0 Å². The van der Waals surface area contributed by atoms with E-state index < -0.39 is 17.9 Å². The summed E-state index contributed by atoms with van der Waals surface area (Å²) in [5.74, 6) is -3.56. The molecule has 1 aromatic rings. The Balaban J connectivity index is 0.000000557. The smallest absolute Gasteiger partial charge is 0.336 e. The molecule has 0 fully saturated rings. The first kappa shape index (κ1) is 14.6. The van der Waals surface area contributed by atoms with Gasteiger partial charge in [0.15, 0.2) is 0 Å². The number of hydrogen-bond acceptors (Lipinski definition) is 6. The molecule has 1 aromatic carbocycles. The highest BCUT2D eigenvalue weighted by atomic mass is 17.1. The van der Waals surface area contributed by atoms with E-state index in [0.29, 0.717) is 0 Å². The van der Waals surface area contributed by atoms with E-state index in [4.69, 9.17) is 15.0 Å². The monoisotopic (exact) mass is 240 g/mol. The summed E-state index contributed by atoms with van der Waals surface area (Å²) in [4.78, 5) is 33.3. The number of hydrogen-bond donors (Lipinski definition) is 1. The van der Waals surface area contributed by atoms with Crippen molar-refractivity contribution in [3.63, 3.8) is 0 Å². The minimum Gasteiger partial charge on any atom is -0.661 e. The molecule has 1 rings (SSSR count). The Morgan fingerprint density at radius 1 is 1.18 bits per heavy atom. The fraction of sp³-hybridized carbons (Fsp3) is 0.100. The molecule has 0 atom stereocenters. The summed E-state index contributed by atoms with van der Waals surface area (Å²) in [6.45, 7) is 0.972. The molecule has 1 N–H and O–H groups in total. The van der Waals surface area contributed by atoms with Crippen LogP contribution in [0.2, 0.25) is 0 Å². The van der Waals surface area contributed by atoms with Gasteiger partial charge in [-0.05, 0) is 19.1 Å². The Labute approximate surface area is 95.8 Å². The molecule has 0 saturated heterocycles. The number of aliphatic carboxylic acids is 1. The zero-order valence-electron chi connectivity index (χ0n) is 8.71. The second-order valence-electron chi connectivity index (χ2n) is 2.71. The maximum Gasteiger partial charge on any atom is 0.336 e. The molecule has 0 heterocycles. The third-order valence-corrected chi connectivity index (χ3v) is 1.45. The normalized spacial score (nSPS) is 8.59. The van der Waals surface area contributed by atoms with Crippen molar-refractivity contribution in [2.75, 3.05) is 0 Å². The molecule has 17 heavy (non-hydrogen) atoms. The van der Waals surface area contributed by atoms with Crippen molar-refractivity contribution in [2.24, 2.45) is 0 Å². The van der Waals surface area contributed by atoms with Gasteiger partial charge in [-0.2, -0.15) is 0 Å². The summed E-state index contributed by atoms with van der Waals surface area (Å²) in [5, 5.41) is 27.3. The SMILES string of the molecule is CC(=O)[O-].O=C(O)c1ccccc1C(=O)O[O-]. The average Bonchev–Trinajstić information content (AvgIpc) is 2.27. The van der Waals surface area contributed by atoms with E-state index >= 15 is 0 Å². The lowest BCUT2D eigenvalue weighted by Crippen LogP contribution is -2.17. The summed E-state index contributed by atoms with van der Waals surface area (Å²) in [6, 6.07) is 5.32. The molecular weight excluding hydrogens is 232 g/mol. The fourth-order valence-electron chi connectivity index (χ4n) is 0.892. The molecule has 0 bridgehead atoms. The van der Waals surface area contributed by atoms with Gasteiger partial charge >= 0.3 is 11.9 Å². The maximum atomic E-state index is 10.7. The number of carboxylic acids is 2. The van der Waals surface area contributed by atoms with Crippen molar-refractivity contribution in [1.82, 2.24) is 0 Å². The minimum absolute atomic E-state index is 0.245. The van der Waals surface area contributed by atoms with Crippen LogP contribution < -0.4 is 10.4 Å². The van der Waals surface area contributed by atoms with Crippen LogP contribution in [0.4, 0.5) is 0 Å². The lowest BCUT2D eigenvalue weighted by atomic mass is 10.1. The number of benzene rings is 1. The first-order chi connectivity index (χ1) is 7.90. The number of carbonyl (C=O) groups excluding carboxylic acids is 2. The number of carboxylic acid groups (broad SMARTS) is 2. The molecule has 92 valence electrons. The lowest BCUT2D eigenvalue weighted by Gasteiger charge is -2.07. The lowest BCUT2D eigenvalue weighted by molar-refractivity contribution is -0.653. The Bertz CT molecular complexity index is 420. The van der Waals surface area contributed by atoms with E-state index in [-0.39, 0.29) is 11.1 Å². The summed E-state index contributed by atoms with van der Waals surface area (Å²) in [7, 11) is 0. The van der Waals surface area contributed by atoms with E-state index in [1.807, 2.05) is 0 Å². The van der Waals surface area contributed by atoms with Crippen LogP contribution in [0.25, 0.3) is 0 Å². The van der Waals surface area contributed by atoms with Crippen molar-refractivity contribution in [1.29, 1.82) is 0 Å². The van der Waals surface area contributed by atoms with Crippen LogP contribution in [0.5, 0.6) is 0 Å². The molecule has 0 spiro atoms. The number of aromatic carboxylic acids is 1. The molecule has 0 saturated carbocycles. The standard InChI is InChI=1S/C8H6O5.C2H4O2/c9-7(10)5-3-1-2-4-6(5)8(11)13-12;1-2(3)4/h1-4,12H,(H,9,10);1H3,(H,3,4)/p-2. The molecule has 0 aromatic heterocycles. The van der Waals surface area contributed by atoms with Gasteiger partial charge in [0.25, 0.3) is 0 Å².